The molecule has 0 saturated carbocycles. The van der Waals surface area contributed by atoms with Crippen molar-refractivity contribution in [3.8, 4) is 0 Å². The van der Waals surface area contributed by atoms with Gasteiger partial charge in [0, 0.05) is 15.6 Å². The van der Waals surface area contributed by atoms with Crippen LogP contribution in [0.2, 0.25) is 0 Å². The van der Waals surface area contributed by atoms with Crippen molar-refractivity contribution in [2.75, 3.05) is 12.3 Å². The summed E-state index contributed by atoms with van der Waals surface area (Å²) in [5.74, 6) is 0.0269. The lowest BCUT2D eigenvalue weighted by Crippen LogP contribution is -2.23. The third-order valence-electron chi connectivity index (χ3n) is 2.93. The summed E-state index contributed by atoms with van der Waals surface area (Å²) in [6.45, 7) is 2.73. The average Bonchev–Trinajstić information content (AvgIpc) is 2.77. The van der Waals surface area contributed by atoms with Crippen LogP contribution in [0, 0.1) is 0 Å². The molecular weight excluding hydrogens is 280 g/mol. The van der Waals surface area contributed by atoms with Crippen LogP contribution in [0.5, 0.6) is 0 Å². The first-order valence-corrected chi connectivity index (χ1v) is 8.71. The Morgan fingerprint density at radius 3 is 2.79 bits per heavy atom. The van der Waals surface area contributed by atoms with Crippen LogP contribution in [0.25, 0.3) is 10.1 Å². The zero-order chi connectivity index (χ0) is 13.9. The highest BCUT2D eigenvalue weighted by Crippen LogP contribution is 2.29. The van der Waals surface area contributed by atoms with Crippen LogP contribution < -0.4 is 10.5 Å². The predicted molar refractivity (Wildman–Crippen MR) is 80.8 cm³/mol. The molecular formula is C13H18N2O2S2. The zero-order valence-electron chi connectivity index (χ0n) is 10.8. The fourth-order valence-electron chi connectivity index (χ4n) is 1.91. The van der Waals surface area contributed by atoms with Crippen LogP contribution in [0.15, 0.2) is 30.3 Å². The van der Waals surface area contributed by atoms with Crippen LogP contribution in [0.4, 0.5) is 0 Å². The van der Waals surface area contributed by atoms with Crippen LogP contribution in [-0.4, -0.2) is 20.7 Å². The minimum Gasteiger partial charge on any atom is -0.309 e. The topological polar surface area (TPSA) is 72.2 Å². The number of hydrogen-bond acceptors (Lipinski definition) is 4. The van der Waals surface area contributed by atoms with Gasteiger partial charge in [-0.3, -0.25) is 0 Å². The molecule has 4 nitrogen and oxygen atoms in total. The molecule has 6 heteroatoms. The molecule has 0 spiro atoms. The molecule has 2 rings (SSSR count). The van der Waals surface area contributed by atoms with Crippen LogP contribution in [-0.2, 0) is 10.0 Å². The van der Waals surface area contributed by atoms with Crippen molar-refractivity contribution in [1.82, 2.24) is 5.32 Å². The Morgan fingerprint density at radius 1 is 1.37 bits per heavy atom. The molecule has 1 aromatic heterocycles. The molecule has 0 aliphatic carbocycles. The summed E-state index contributed by atoms with van der Waals surface area (Å²) in [6.07, 6.45) is 0.536. The van der Waals surface area contributed by atoms with Crippen molar-refractivity contribution in [2.45, 2.75) is 19.4 Å². The lowest BCUT2D eigenvalue weighted by Gasteiger charge is -2.11. The van der Waals surface area contributed by atoms with Gasteiger partial charge in [0.25, 0.3) is 0 Å². The molecule has 1 unspecified atom stereocenters. The van der Waals surface area contributed by atoms with Gasteiger partial charge in [-0.15, -0.1) is 11.3 Å². The molecule has 3 N–H and O–H groups in total. The molecule has 0 bridgehead atoms. The number of hydrogen-bond donors (Lipinski definition) is 2. The molecule has 0 saturated heterocycles. The number of primary sulfonamides is 1. The fourth-order valence-corrected chi connectivity index (χ4v) is 3.55. The van der Waals surface area contributed by atoms with Crippen molar-refractivity contribution in [1.29, 1.82) is 0 Å². The minimum atomic E-state index is -3.34. The van der Waals surface area contributed by atoms with E-state index in [9.17, 15) is 8.42 Å². The van der Waals surface area contributed by atoms with Crippen LogP contribution in [0.3, 0.4) is 0 Å². The molecule has 1 atom stereocenters. The first-order chi connectivity index (χ1) is 8.96. The summed E-state index contributed by atoms with van der Waals surface area (Å²) in [4.78, 5) is 1.26. The van der Waals surface area contributed by atoms with Crippen LogP contribution in [0.1, 0.15) is 24.3 Å². The molecule has 19 heavy (non-hydrogen) atoms. The van der Waals surface area contributed by atoms with Gasteiger partial charge in [-0.25, -0.2) is 13.6 Å². The maximum absolute atomic E-state index is 10.8. The Balaban J connectivity index is 1.91. The van der Waals surface area contributed by atoms with E-state index < -0.39 is 10.0 Å². The van der Waals surface area contributed by atoms with Crippen molar-refractivity contribution in [2.24, 2.45) is 5.14 Å². The summed E-state index contributed by atoms with van der Waals surface area (Å²) >= 11 is 1.76. The van der Waals surface area contributed by atoms with E-state index >= 15 is 0 Å². The Kier molecular flexibility index (Phi) is 4.57. The molecule has 0 aliphatic heterocycles. The van der Waals surface area contributed by atoms with E-state index in [-0.39, 0.29) is 11.8 Å². The third kappa shape index (κ3) is 4.28. The minimum absolute atomic E-state index is 0.0269. The van der Waals surface area contributed by atoms with E-state index in [1.165, 1.54) is 15.0 Å². The number of benzene rings is 1. The Bertz CT molecular complexity index is 616. The van der Waals surface area contributed by atoms with Crippen LogP contribution >= 0.6 is 11.3 Å². The molecule has 1 aromatic carbocycles. The molecule has 0 fully saturated rings. The Morgan fingerprint density at radius 2 is 2.11 bits per heavy atom. The summed E-state index contributed by atoms with van der Waals surface area (Å²) in [7, 11) is -3.34. The van der Waals surface area contributed by atoms with Gasteiger partial charge in [0.05, 0.1) is 5.75 Å². The number of rotatable bonds is 6. The highest BCUT2D eigenvalue weighted by atomic mass is 32.2. The second-order valence-corrected chi connectivity index (χ2v) is 7.43. The summed E-state index contributed by atoms with van der Waals surface area (Å²) in [6, 6.07) is 10.7. The summed E-state index contributed by atoms with van der Waals surface area (Å²) in [5, 5.41) is 9.53. The van der Waals surface area contributed by atoms with E-state index in [2.05, 4.69) is 30.4 Å². The maximum Gasteiger partial charge on any atom is 0.209 e. The smallest absolute Gasteiger partial charge is 0.209 e. The van der Waals surface area contributed by atoms with E-state index in [1.807, 2.05) is 12.1 Å². The first kappa shape index (κ1) is 14.5. The molecule has 0 amide bonds. The zero-order valence-corrected chi connectivity index (χ0v) is 12.4. The molecule has 1 heterocycles. The van der Waals surface area contributed by atoms with Crippen molar-refractivity contribution in [3.63, 3.8) is 0 Å². The SMILES string of the molecule is CC(NCCCS(N)(=O)=O)c1cc2ccccc2s1. The van der Waals surface area contributed by atoms with Crippen molar-refractivity contribution >= 4 is 31.4 Å². The van der Waals surface area contributed by atoms with Gasteiger partial charge in [-0.2, -0.15) is 0 Å². The van der Waals surface area contributed by atoms with Crippen molar-refractivity contribution in [3.05, 3.63) is 35.2 Å². The predicted octanol–water partition coefficient (Wildman–Crippen LogP) is 2.23. The van der Waals surface area contributed by atoms with Gasteiger partial charge in [-0.1, -0.05) is 18.2 Å². The highest BCUT2D eigenvalue weighted by molar-refractivity contribution is 7.89. The number of thiophene rings is 1. The number of nitrogens with two attached hydrogens (primary N) is 1. The molecule has 0 radical (unpaired) electrons. The third-order valence-corrected chi connectivity index (χ3v) is 5.08. The normalized spacial score (nSPS) is 13.8. The molecule has 0 aliphatic rings. The average molecular weight is 298 g/mol. The van der Waals surface area contributed by atoms with Crippen molar-refractivity contribution < 1.29 is 8.42 Å². The number of sulfonamides is 1. The Labute approximate surface area is 117 Å². The quantitative estimate of drug-likeness (QED) is 0.803. The molecule has 2 aromatic rings. The Hall–Kier alpha value is -0.950. The van der Waals surface area contributed by atoms with Gasteiger partial charge >= 0.3 is 0 Å². The van der Waals surface area contributed by atoms with Gasteiger partial charge in [0.2, 0.25) is 10.0 Å². The van der Waals surface area contributed by atoms with Gasteiger partial charge in [0.1, 0.15) is 0 Å². The van der Waals surface area contributed by atoms with E-state index in [1.54, 1.807) is 11.3 Å². The van der Waals surface area contributed by atoms with Gasteiger partial charge in [-0.05, 0) is 37.4 Å². The first-order valence-electron chi connectivity index (χ1n) is 6.18. The van der Waals surface area contributed by atoms with E-state index in [0.29, 0.717) is 13.0 Å². The standard InChI is InChI=1S/C13H18N2O2S2/c1-10(15-7-4-8-19(14,16)17)13-9-11-5-2-3-6-12(11)18-13/h2-3,5-6,9-10,15H,4,7-8H2,1H3,(H2,14,16,17). The maximum atomic E-state index is 10.8. The van der Waals surface area contributed by atoms with E-state index in [4.69, 9.17) is 5.14 Å². The number of fused-ring (bicyclic) bond motifs is 1. The van der Waals surface area contributed by atoms with Gasteiger partial charge < -0.3 is 5.32 Å². The summed E-state index contributed by atoms with van der Waals surface area (Å²) in [5.41, 5.74) is 0. The monoisotopic (exact) mass is 298 g/mol. The number of nitrogens with one attached hydrogen (secondary N) is 1. The second kappa shape index (κ2) is 6.00. The lowest BCUT2D eigenvalue weighted by molar-refractivity contribution is 0.566. The lowest BCUT2D eigenvalue weighted by atomic mass is 10.2. The molecule has 104 valence electrons. The second-order valence-electron chi connectivity index (χ2n) is 4.58. The fraction of sp³-hybridized carbons (Fsp3) is 0.385. The summed E-state index contributed by atoms with van der Waals surface area (Å²) < 4.78 is 22.9. The highest BCUT2D eigenvalue weighted by Gasteiger charge is 2.09. The van der Waals surface area contributed by atoms with Gasteiger partial charge in [0.15, 0.2) is 0 Å². The van der Waals surface area contributed by atoms with E-state index in [0.717, 1.165) is 0 Å². The largest absolute Gasteiger partial charge is 0.309 e.